The lowest BCUT2D eigenvalue weighted by Gasteiger charge is -2.15. The molecule has 3 aromatic rings. The van der Waals surface area contributed by atoms with Gasteiger partial charge in [0.1, 0.15) is 5.82 Å². The largest absolute Gasteiger partial charge is 0.340 e. The Morgan fingerprint density at radius 2 is 2.00 bits per heavy atom. The molecule has 0 aliphatic rings. The van der Waals surface area contributed by atoms with Crippen LogP contribution in [-0.4, -0.2) is 26.0 Å². The van der Waals surface area contributed by atoms with Crippen molar-refractivity contribution in [1.82, 2.24) is 25.2 Å². The van der Waals surface area contributed by atoms with Gasteiger partial charge in [0.05, 0.1) is 11.7 Å². The van der Waals surface area contributed by atoms with Crippen molar-refractivity contribution in [2.75, 3.05) is 5.32 Å². The first-order valence-corrected chi connectivity index (χ1v) is 9.35. The number of nitrogens with one attached hydrogen (secondary N) is 2. The van der Waals surface area contributed by atoms with E-state index >= 15 is 0 Å². The smallest absolute Gasteiger partial charge is 0.321 e. The minimum absolute atomic E-state index is 0.340. The summed E-state index contributed by atoms with van der Waals surface area (Å²) in [6.07, 6.45) is 0.635. The molecule has 2 aromatic heterocycles. The third-order valence-electron chi connectivity index (χ3n) is 4.16. The van der Waals surface area contributed by atoms with Gasteiger partial charge in [-0.25, -0.2) is 4.79 Å². The molecule has 0 bridgehead atoms. The van der Waals surface area contributed by atoms with Crippen molar-refractivity contribution in [3.05, 3.63) is 46.1 Å². The number of rotatable bonds is 5. The Kier molecular flexibility index (Phi) is 5.59. The molecule has 3 rings (SSSR count). The molecule has 142 valence electrons. The van der Waals surface area contributed by atoms with Crippen LogP contribution < -0.4 is 10.6 Å². The van der Waals surface area contributed by atoms with Gasteiger partial charge < -0.3 is 9.84 Å². The van der Waals surface area contributed by atoms with E-state index in [-0.39, 0.29) is 12.1 Å². The molecule has 0 saturated heterocycles. The van der Waals surface area contributed by atoms with Crippen LogP contribution in [0.3, 0.4) is 0 Å². The van der Waals surface area contributed by atoms with Gasteiger partial charge in [-0.1, -0.05) is 40.1 Å². The number of aryl methyl sites for hydroxylation is 3. The SMILES string of the molecule is CC[C@@H](NC(=O)Nc1c(-c2ccc(Br)cc2)c(C)nn1C)c1noc(C)n1. The molecule has 1 atom stereocenters. The molecule has 27 heavy (non-hydrogen) atoms. The number of aromatic nitrogens is 4. The Labute approximate surface area is 165 Å². The number of amides is 2. The number of hydrogen-bond donors (Lipinski definition) is 2. The fourth-order valence-electron chi connectivity index (χ4n) is 2.87. The summed E-state index contributed by atoms with van der Waals surface area (Å²) in [6, 6.07) is 7.18. The van der Waals surface area contributed by atoms with E-state index < -0.39 is 0 Å². The van der Waals surface area contributed by atoms with Crippen LogP contribution in [0.5, 0.6) is 0 Å². The Morgan fingerprint density at radius 3 is 2.59 bits per heavy atom. The zero-order chi connectivity index (χ0) is 19.6. The van der Waals surface area contributed by atoms with E-state index in [9.17, 15) is 4.79 Å². The normalized spacial score (nSPS) is 12.0. The number of urea groups is 1. The Hall–Kier alpha value is -2.68. The van der Waals surface area contributed by atoms with Crippen LogP contribution in [0, 0.1) is 13.8 Å². The standard InChI is InChI=1S/C18H21BrN6O2/c1-5-14(16-20-11(3)27-24-16)21-18(26)22-17-15(10(2)23-25(17)4)12-6-8-13(19)9-7-12/h6-9,14H,5H2,1-4H3,(H2,21,22,26)/t14-/m1/s1. The molecule has 1 aromatic carbocycles. The van der Waals surface area contributed by atoms with Gasteiger partial charge in [0.2, 0.25) is 5.89 Å². The summed E-state index contributed by atoms with van der Waals surface area (Å²) in [5, 5.41) is 14.1. The van der Waals surface area contributed by atoms with Crippen LogP contribution in [0.15, 0.2) is 33.3 Å². The van der Waals surface area contributed by atoms with E-state index in [1.54, 1.807) is 18.7 Å². The highest BCUT2D eigenvalue weighted by molar-refractivity contribution is 9.10. The maximum atomic E-state index is 12.6. The number of carbonyl (C=O) groups is 1. The third-order valence-corrected chi connectivity index (χ3v) is 4.68. The fourth-order valence-corrected chi connectivity index (χ4v) is 3.14. The minimum Gasteiger partial charge on any atom is -0.340 e. The lowest BCUT2D eigenvalue weighted by molar-refractivity contribution is 0.247. The number of nitrogens with zero attached hydrogens (tertiary/aromatic N) is 4. The molecule has 2 N–H and O–H groups in total. The molecular weight excluding hydrogens is 412 g/mol. The first-order chi connectivity index (χ1) is 12.9. The molecule has 0 radical (unpaired) electrons. The molecule has 9 heteroatoms. The molecule has 0 aliphatic carbocycles. The summed E-state index contributed by atoms with van der Waals surface area (Å²) in [6.45, 7) is 5.57. The van der Waals surface area contributed by atoms with Gasteiger partial charge in [0.25, 0.3) is 0 Å². The number of benzene rings is 1. The average Bonchev–Trinajstić information content (AvgIpc) is 3.17. The molecule has 0 spiro atoms. The fraction of sp³-hybridized carbons (Fsp3) is 0.333. The van der Waals surface area contributed by atoms with Crippen molar-refractivity contribution in [3.8, 4) is 11.1 Å². The van der Waals surface area contributed by atoms with E-state index in [2.05, 4.69) is 41.8 Å². The first-order valence-electron chi connectivity index (χ1n) is 8.56. The predicted molar refractivity (Wildman–Crippen MR) is 105 cm³/mol. The molecule has 8 nitrogen and oxygen atoms in total. The van der Waals surface area contributed by atoms with Crippen LogP contribution in [0.1, 0.15) is 36.8 Å². The highest BCUT2D eigenvalue weighted by Crippen LogP contribution is 2.32. The molecule has 0 unspecified atom stereocenters. The maximum absolute atomic E-state index is 12.6. The number of halogens is 1. The van der Waals surface area contributed by atoms with E-state index in [0.717, 1.165) is 21.3 Å². The van der Waals surface area contributed by atoms with Crippen molar-refractivity contribution in [1.29, 1.82) is 0 Å². The van der Waals surface area contributed by atoms with Crippen molar-refractivity contribution in [2.45, 2.75) is 33.2 Å². The summed E-state index contributed by atoms with van der Waals surface area (Å²) in [5.41, 5.74) is 2.68. The third kappa shape index (κ3) is 4.19. The molecule has 2 amide bonds. The van der Waals surface area contributed by atoms with E-state index in [4.69, 9.17) is 4.52 Å². The molecule has 0 aliphatic heterocycles. The van der Waals surface area contributed by atoms with Crippen LogP contribution in [-0.2, 0) is 7.05 Å². The van der Waals surface area contributed by atoms with Gasteiger partial charge >= 0.3 is 6.03 Å². The zero-order valence-corrected chi connectivity index (χ0v) is 17.2. The summed E-state index contributed by atoms with van der Waals surface area (Å²) < 4.78 is 7.65. The summed E-state index contributed by atoms with van der Waals surface area (Å²) in [7, 11) is 1.80. The van der Waals surface area contributed by atoms with Gasteiger partial charge in [-0.3, -0.25) is 10.00 Å². The Balaban J connectivity index is 1.82. The molecule has 0 saturated carbocycles. The number of hydrogen-bond acceptors (Lipinski definition) is 5. The van der Waals surface area contributed by atoms with Crippen molar-refractivity contribution < 1.29 is 9.32 Å². The van der Waals surface area contributed by atoms with Crippen molar-refractivity contribution >= 4 is 27.8 Å². The second kappa shape index (κ2) is 7.91. The van der Waals surface area contributed by atoms with Crippen LogP contribution in [0.4, 0.5) is 10.6 Å². The van der Waals surface area contributed by atoms with Crippen LogP contribution in [0.2, 0.25) is 0 Å². The van der Waals surface area contributed by atoms with Gasteiger partial charge in [0, 0.05) is 24.0 Å². The van der Waals surface area contributed by atoms with Crippen molar-refractivity contribution in [3.63, 3.8) is 0 Å². The van der Waals surface area contributed by atoms with Crippen molar-refractivity contribution in [2.24, 2.45) is 7.05 Å². The molecule has 0 fully saturated rings. The molecule has 2 heterocycles. The predicted octanol–water partition coefficient (Wildman–Crippen LogP) is 4.12. The monoisotopic (exact) mass is 432 g/mol. The maximum Gasteiger partial charge on any atom is 0.321 e. The topological polar surface area (TPSA) is 97.9 Å². The number of anilines is 1. The van der Waals surface area contributed by atoms with E-state index in [1.807, 2.05) is 38.1 Å². The highest BCUT2D eigenvalue weighted by Gasteiger charge is 2.21. The summed E-state index contributed by atoms with van der Waals surface area (Å²) in [4.78, 5) is 16.8. The van der Waals surface area contributed by atoms with Crippen LogP contribution >= 0.6 is 15.9 Å². The van der Waals surface area contributed by atoms with Gasteiger partial charge in [-0.05, 0) is 31.0 Å². The zero-order valence-electron chi connectivity index (χ0n) is 15.6. The lowest BCUT2D eigenvalue weighted by atomic mass is 10.1. The minimum atomic E-state index is -0.356. The van der Waals surface area contributed by atoms with E-state index in [0.29, 0.717) is 24.0 Å². The highest BCUT2D eigenvalue weighted by atomic mass is 79.9. The van der Waals surface area contributed by atoms with Gasteiger partial charge in [0.15, 0.2) is 5.82 Å². The Bertz CT molecular complexity index is 947. The second-order valence-corrected chi connectivity index (χ2v) is 7.09. The van der Waals surface area contributed by atoms with Crippen LogP contribution in [0.25, 0.3) is 11.1 Å². The quantitative estimate of drug-likeness (QED) is 0.631. The molecular formula is C18H21BrN6O2. The number of carbonyl (C=O) groups excluding carboxylic acids is 1. The lowest BCUT2D eigenvalue weighted by Crippen LogP contribution is -2.33. The first kappa shape index (κ1) is 19.1. The Morgan fingerprint density at radius 1 is 1.30 bits per heavy atom. The van der Waals surface area contributed by atoms with Gasteiger partial charge in [-0.2, -0.15) is 10.1 Å². The van der Waals surface area contributed by atoms with E-state index in [1.165, 1.54) is 0 Å². The van der Waals surface area contributed by atoms with Gasteiger partial charge in [-0.15, -0.1) is 0 Å². The average molecular weight is 433 g/mol. The second-order valence-electron chi connectivity index (χ2n) is 6.17. The summed E-state index contributed by atoms with van der Waals surface area (Å²) >= 11 is 3.44. The summed E-state index contributed by atoms with van der Waals surface area (Å²) in [5.74, 6) is 1.54.